The molecule has 2 N–H and O–H groups in total. The predicted octanol–water partition coefficient (Wildman–Crippen LogP) is 5.48. The summed E-state index contributed by atoms with van der Waals surface area (Å²) in [4.78, 5) is 5.08. The summed E-state index contributed by atoms with van der Waals surface area (Å²) in [6.45, 7) is 21.1. The lowest BCUT2D eigenvalue weighted by atomic mass is 9.72. The summed E-state index contributed by atoms with van der Waals surface area (Å²) >= 11 is 0. The van der Waals surface area contributed by atoms with Gasteiger partial charge in [0.1, 0.15) is 0 Å². The van der Waals surface area contributed by atoms with Crippen molar-refractivity contribution in [2.75, 3.05) is 32.7 Å². The third-order valence-corrected chi connectivity index (χ3v) is 6.54. The highest BCUT2D eigenvalue weighted by Gasteiger charge is 2.28. The van der Waals surface area contributed by atoms with Gasteiger partial charge in [0.25, 0.3) is 0 Å². The topological polar surface area (TPSA) is 32.5 Å². The number of piperazine rings is 1. The molecule has 2 aliphatic rings. The Labute approximate surface area is 174 Å². The number of rotatable bonds is 7. The molecule has 0 amide bonds. The van der Waals surface area contributed by atoms with Gasteiger partial charge in [0.05, 0.1) is 11.4 Å². The Morgan fingerprint density at radius 2 is 1.93 bits per heavy atom. The van der Waals surface area contributed by atoms with E-state index in [0.717, 1.165) is 50.6 Å². The van der Waals surface area contributed by atoms with E-state index >= 15 is 0 Å². The summed E-state index contributed by atoms with van der Waals surface area (Å²) < 4.78 is 0. The number of nitrogens with two attached hydrogens (primary N) is 1. The van der Waals surface area contributed by atoms with E-state index in [0.29, 0.717) is 5.41 Å². The van der Waals surface area contributed by atoms with E-state index < -0.39 is 0 Å². The lowest BCUT2D eigenvalue weighted by Crippen LogP contribution is -2.47. The molecule has 3 nitrogen and oxygen atoms in total. The van der Waals surface area contributed by atoms with Crippen LogP contribution in [0.1, 0.15) is 66.7 Å². The molecule has 1 aliphatic carbocycles. The quantitative estimate of drug-likeness (QED) is 0.589. The maximum atomic E-state index is 6.52. The van der Waals surface area contributed by atoms with Gasteiger partial charge in [-0.3, -0.25) is 4.90 Å². The molecule has 2 rings (SSSR count). The Morgan fingerprint density at radius 1 is 1.25 bits per heavy atom. The van der Waals surface area contributed by atoms with Crippen LogP contribution in [0, 0.1) is 11.3 Å². The molecule has 28 heavy (non-hydrogen) atoms. The Balaban J connectivity index is 2.24. The molecule has 158 valence electrons. The average Bonchev–Trinajstić information content (AvgIpc) is 2.70. The summed E-state index contributed by atoms with van der Waals surface area (Å²) in [7, 11) is 0. The Kier molecular flexibility index (Phi) is 8.42. The van der Waals surface area contributed by atoms with E-state index in [1.807, 2.05) is 19.1 Å². The molecule has 1 fully saturated rings. The molecule has 1 atom stereocenters. The van der Waals surface area contributed by atoms with Crippen molar-refractivity contribution in [3.8, 4) is 0 Å². The number of allylic oxidation sites excluding steroid dienone is 5. The van der Waals surface area contributed by atoms with Gasteiger partial charge in [0.2, 0.25) is 0 Å². The van der Waals surface area contributed by atoms with Gasteiger partial charge in [0, 0.05) is 31.8 Å². The van der Waals surface area contributed by atoms with Crippen molar-refractivity contribution in [1.82, 2.24) is 9.80 Å². The van der Waals surface area contributed by atoms with E-state index in [-0.39, 0.29) is 0 Å². The number of hydrogen-bond acceptors (Lipinski definition) is 3. The van der Waals surface area contributed by atoms with Gasteiger partial charge in [-0.15, -0.1) is 0 Å². The van der Waals surface area contributed by atoms with Crippen molar-refractivity contribution < 1.29 is 0 Å². The van der Waals surface area contributed by atoms with E-state index in [2.05, 4.69) is 50.1 Å². The maximum absolute atomic E-state index is 6.52. The largest absolute Gasteiger partial charge is 0.397 e. The second kappa shape index (κ2) is 10.3. The predicted molar refractivity (Wildman–Crippen MR) is 123 cm³/mol. The second-order valence-electron chi connectivity index (χ2n) is 9.46. The minimum atomic E-state index is 0.375. The molecule has 1 heterocycles. The summed E-state index contributed by atoms with van der Waals surface area (Å²) in [6, 6.07) is 0. The van der Waals surface area contributed by atoms with Gasteiger partial charge in [-0.05, 0) is 56.1 Å². The molecule has 0 unspecified atom stereocenters. The van der Waals surface area contributed by atoms with Crippen LogP contribution in [0.25, 0.3) is 0 Å². The molecule has 0 aromatic carbocycles. The standard InChI is InChI=1S/C25H43N3/c1-7-10-15-27-16-18-28(19-17-27)24(23(26)9-3)22(8-2)20-11-13-21(14-12-20)25(4,5)6/h8-9,11,21H,2,7,10,12-19,26H2,1,3-6H3/b23-9+,24-22-/t21-/m1/s1. The van der Waals surface area contributed by atoms with Crippen LogP contribution in [-0.2, 0) is 0 Å². The van der Waals surface area contributed by atoms with Crippen LogP contribution in [0.5, 0.6) is 0 Å². The first kappa shape index (κ1) is 22.8. The van der Waals surface area contributed by atoms with Crippen LogP contribution in [0.2, 0.25) is 0 Å². The highest BCUT2D eigenvalue weighted by molar-refractivity contribution is 5.49. The highest BCUT2D eigenvalue weighted by Crippen LogP contribution is 2.40. The van der Waals surface area contributed by atoms with Crippen LogP contribution in [0.4, 0.5) is 0 Å². The molecule has 0 aromatic rings. The molecule has 1 aliphatic heterocycles. The van der Waals surface area contributed by atoms with Gasteiger partial charge in [-0.25, -0.2) is 0 Å². The zero-order chi connectivity index (χ0) is 20.7. The van der Waals surface area contributed by atoms with Crippen LogP contribution < -0.4 is 5.73 Å². The Bertz CT molecular complexity index is 610. The van der Waals surface area contributed by atoms with Crippen molar-refractivity contribution in [2.24, 2.45) is 17.1 Å². The van der Waals surface area contributed by atoms with Crippen molar-refractivity contribution in [3.05, 3.63) is 47.3 Å². The first-order valence-electron chi connectivity index (χ1n) is 11.3. The first-order chi connectivity index (χ1) is 13.3. The van der Waals surface area contributed by atoms with E-state index in [4.69, 9.17) is 5.73 Å². The van der Waals surface area contributed by atoms with Crippen molar-refractivity contribution in [3.63, 3.8) is 0 Å². The SMILES string of the molecule is C=C/C(C1=CC[C@@H](C(C)(C)C)CC1)=C(\C(N)=C/C)N1CCN(CCCC)CC1. The summed E-state index contributed by atoms with van der Waals surface area (Å²) in [5, 5.41) is 0. The Morgan fingerprint density at radius 3 is 2.39 bits per heavy atom. The molecule has 3 heteroatoms. The maximum Gasteiger partial charge on any atom is 0.0673 e. The summed E-state index contributed by atoms with van der Waals surface area (Å²) in [6.07, 6.45) is 12.6. The highest BCUT2D eigenvalue weighted by atomic mass is 15.3. The van der Waals surface area contributed by atoms with E-state index in [1.54, 1.807) is 0 Å². The molecule has 0 radical (unpaired) electrons. The van der Waals surface area contributed by atoms with Gasteiger partial charge < -0.3 is 10.6 Å². The van der Waals surface area contributed by atoms with E-state index in [9.17, 15) is 0 Å². The lowest BCUT2D eigenvalue weighted by Gasteiger charge is -2.39. The normalized spacial score (nSPS) is 23.3. The van der Waals surface area contributed by atoms with Gasteiger partial charge in [-0.2, -0.15) is 0 Å². The third-order valence-electron chi connectivity index (χ3n) is 6.54. The zero-order valence-corrected chi connectivity index (χ0v) is 19.1. The molecule has 0 bridgehead atoms. The minimum Gasteiger partial charge on any atom is -0.397 e. The fraction of sp³-hybridized carbons (Fsp3) is 0.680. The second-order valence-corrected chi connectivity index (χ2v) is 9.46. The molecule has 1 saturated heterocycles. The fourth-order valence-electron chi connectivity index (χ4n) is 4.47. The Hall–Kier alpha value is -1.48. The summed E-state index contributed by atoms with van der Waals surface area (Å²) in [5.41, 5.74) is 11.7. The number of nitrogens with zero attached hydrogens (tertiary/aromatic N) is 2. The third kappa shape index (κ3) is 5.76. The molecular formula is C25H43N3. The van der Waals surface area contributed by atoms with Crippen LogP contribution in [-0.4, -0.2) is 42.5 Å². The molecular weight excluding hydrogens is 342 g/mol. The van der Waals surface area contributed by atoms with Crippen molar-refractivity contribution in [2.45, 2.75) is 66.7 Å². The molecule has 0 saturated carbocycles. The number of unbranched alkanes of at least 4 members (excludes halogenated alkanes) is 1. The zero-order valence-electron chi connectivity index (χ0n) is 19.1. The van der Waals surface area contributed by atoms with Gasteiger partial charge in [-0.1, -0.05) is 58.9 Å². The number of hydrogen-bond donors (Lipinski definition) is 1. The van der Waals surface area contributed by atoms with Crippen LogP contribution >= 0.6 is 0 Å². The van der Waals surface area contributed by atoms with Crippen LogP contribution in [0.3, 0.4) is 0 Å². The lowest BCUT2D eigenvalue weighted by molar-refractivity contribution is 0.158. The van der Waals surface area contributed by atoms with E-state index in [1.165, 1.54) is 42.7 Å². The van der Waals surface area contributed by atoms with Crippen molar-refractivity contribution >= 4 is 0 Å². The van der Waals surface area contributed by atoms with Crippen molar-refractivity contribution in [1.29, 1.82) is 0 Å². The molecule has 0 spiro atoms. The minimum absolute atomic E-state index is 0.375. The smallest absolute Gasteiger partial charge is 0.0673 e. The monoisotopic (exact) mass is 385 g/mol. The van der Waals surface area contributed by atoms with Gasteiger partial charge >= 0.3 is 0 Å². The van der Waals surface area contributed by atoms with Crippen LogP contribution in [0.15, 0.2) is 47.3 Å². The first-order valence-corrected chi connectivity index (χ1v) is 11.3. The van der Waals surface area contributed by atoms with Gasteiger partial charge in [0.15, 0.2) is 0 Å². The average molecular weight is 386 g/mol. The summed E-state index contributed by atoms with van der Waals surface area (Å²) in [5.74, 6) is 0.756. The molecule has 0 aromatic heterocycles. The fourth-order valence-corrected chi connectivity index (χ4v) is 4.47.